The Labute approximate surface area is 304 Å². The number of ether oxygens (including phenoxy) is 7. The molecule has 0 aromatic carbocycles. The molecule has 0 aromatic heterocycles. The summed E-state index contributed by atoms with van der Waals surface area (Å²) in [6.45, 7) is 19.4. The van der Waals surface area contributed by atoms with Crippen molar-refractivity contribution < 1.29 is 33.2 Å². The van der Waals surface area contributed by atoms with E-state index in [9.17, 15) is 0 Å². The zero-order valence-electron chi connectivity index (χ0n) is 33.8. The maximum absolute atomic E-state index is 6.64. The van der Waals surface area contributed by atoms with E-state index in [1.165, 1.54) is 116 Å². The van der Waals surface area contributed by atoms with E-state index in [1.807, 2.05) is 41.5 Å². The molecule has 0 saturated carbocycles. The average molecular weight is 699 g/mol. The van der Waals surface area contributed by atoms with Gasteiger partial charge in [-0.25, -0.2) is 0 Å². The second kappa shape index (κ2) is 36.4. The lowest BCUT2D eigenvalue weighted by molar-refractivity contribution is -0.239. The molecule has 2 atom stereocenters. The molecule has 0 spiro atoms. The average Bonchev–Trinajstić information content (AvgIpc) is 3.10. The van der Waals surface area contributed by atoms with Crippen molar-refractivity contribution in [2.75, 3.05) is 39.6 Å². The molecule has 0 heterocycles. The second-order valence-electron chi connectivity index (χ2n) is 12.9. The van der Waals surface area contributed by atoms with Crippen molar-refractivity contribution in [3.63, 3.8) is 0 Å². The van der Waals surface area contributed by atoms with Crippen molar-refractivity contribution in [2.45, 2.75) is 209 Å². The highest BCUT2D eigenvalue weighted by atomic mass is 16.8. The minimum Gasteiger partial charge on any atom is -0.495 e. The first-order valence-corrected chi connectivity index (χ1v) is 20.9. The van der Waals surface area contributed by atoms with Gasteiger partial charge in [-0.2, -0.15) is 0 Å². The van der Waals surface area contributed by atoms with Crippen LogP contribution in [0.25, 0.3) is 0 Å². The van der Waals surface area contributed by atoms with E-state index in [0.29, 0.717) is 51.2 Å². The van der Waals surface area contributed by atoms with Crippen LogP contribution in [-0.4, -0.2) is 52.2 Å². The molecule has 0 aliphatic rings. The maximum Gasteiger partial charge on any atom is 0.223 e. The number of hydrogen-bond donors (Lipinski definition) is 0. The van der Waals surface area contributed by atoms with Crippen molar-refractivity contribution in [3.8, 4) is 0 Å². The highest BCUT2D eigenvalue weighted by molar-refractivity contribution is 5.09. The molecule has 0 fully saturated rings. The molecule has 0 amide bonds. The second-order valence-corrected chi connectivity index (χ2v) is 12.9. The third kappa shape index (κ3) is 25.2. The first kappa shape index (κ1) is 47.6. The molecule has 0 aliphatic heterocycles. The summed E-state index contributed by atoms with van der Waals surface area (Å²) in [4.78, 5) is 0. The van der Waals surface area contributed by atoms with E-state index < -0.39 is 12.6 Å². The smallest absolute Gasteiger partial charge is 0.223 e. The van der Waals surface area contributed by atoms with Crippen LogP contribution in [0.2, 0.25) is 0 Å². The Morgan fingerprint density at radius 3 is 0.878 bits per heavy atom. The lowest BCUT2D eigenvalue weighted by Gasteiger charge is -2.29. The molecule has 0 aliphatic carbocycles. The summed E-state index contributed by atoms with van der Waals surface area (Å²) in [7, 11) is 0. The van der Waals surface area contributed by atoms with Crippen LogP contribution < -0.4 is 0 Å². The summed E-state index contributed by atoms with van der Waals surface area (Å²) in [5.74, 6) is 2.79. The summed E-state index contributed by atoms with van der Waals surface area (Å²) in [5, 5.41) is 0. The minimum absolute atomic E-state index is 0.447. The molecule has 0 N–H and O–H groups in total. The topological polar surface area (TPSA) is 64.6 Å². The molecule has 292 valence electrons. The molecule has 0 aromatic rings. The van der Waals surface area contributed by atoms with Gasteiger partial charge in [-0.15, -0.1) is 0 Å². The fraction of sp³-hybridized carbons (Fsp3) is 0.905. The summed E-state index contributed by atoms with van der Waals surface area (Å²) in [5.41, 5.74) is 0. The quantitative estimate of drug-likeness (QED) is 0.0361. The molecule has 7 heteroatoms. The Morgan fingerprint density at radius 1 is 0.327 bits per heavy atom. The Morgan fingerprint density at radius 2 is 0.612 bits per heavy atom. The highest BCUT2D eigenvalue weighted by Crippen LogP contribution is 2.28. The molecule has 2 unspecified atom stereocenters. The van der Waals surface area contributed by atoms with E-state index in [4.69, 9.17) is 33.2 Å². The van der Waals surface area contributed by atoms with Gasteiger partial charge < -0.3 is 33.2 Å². The van der Waals surface area contributed by atoms with Gasteiger partial charge in [-0.1, -0.05) is 129 Å². The molecule has 0 rings (SSSR count). The standard InChI is InChI=1S/C42H82O7/c1-9-17-19-21-23-25-27-29-31-33-35-37(43-11-3)39(45-13-5)41(47-15-7)49-42(48-16-8)40(46-14-6)38(44-12-4)36-34-32-30-28-26-24-22-20-18-10-2/h41-42H,9-36H2,1-8H3. The Balaban J connectivity index is 5.72. The van der Waals surface area contributed by atoms with E-state index in [1.54, 1.807) is 0 Å². The van der Waals surface area contributed by atoms with Crippen molar-refractivity contribution in [3.05, 3.63) is 23.0 Å². The van der Waals surface area contributed by atoms with Gasteiger partial charge in [0, 0.05) is 26.1 Å². The Hall–Kier alpha value is -1.44. The van der Waals surface area contributed by atoms with Crippen molar-refractivity contribution in [2.24, 2.45) is 0 Å². The van der Waals surface area contributed by atoms with Crippen LogP contribution >= 0.6 is 0 Å². The molecular weight excluding hydrogens is 616 g/mol. The predicted molar refractivity (Wildman–Crippen MR) is 205 cm³/mol. The minimum atomic E-state index is -0.804. The molecule has 49 heavy (non-hydrogen) atoms. The predicted octanol–water partition coefficient (Wildman–Crippen LogP) is 12.9. The van der Waals surface area contributed by atoms with Gasteiger partial charge in [0.2, 0.25) is 12.6 Å². The van der Waals surface area contributed by atoms with Crippen LogP contribution in [-0.2, 0) is 33.2 Å². The van der Waals surface area contributed by atoms with E-state index in [2.05, 4.69) is 13.8 Å². The number of rotatable bonds is 38. The van der Waals surface area contributed by atoms with Gasteiger partial charge in [0.05, 0.1) is 26.4 Å². The fourth-order valence-corrected chi connectivity index (χ4v) is 6.07. The summed E-state index contributed by atoms with van der Waals surface area (Å²) >= 11 is 0. The number of unbranched alkanes of at least 4 members (excludes halogenated alkanes) is 18. The number of hydrogen-bond acceptors (Lipinski definition) is 7. The third-order valence-electron chi connectivity index (χ3n) is 8.61. The first-order valence-electron chi connectivity index (χ1n) is 20.9. The first-order chi connectivity index (χ1) is 24.1. The monoisotopic (exact) mass is 699 g/mol. The third-order valence-corrected chi connectivity index (χ3v) is 8.61. The Kier molecular flexibility index (Phi) is 35.3. The molecule has 0 radical (unpaired) electrons. The van der Waals surface area contributed by atoms with Crippen LogP contribution in [0.5, 0.6) is 0 Å². The lowest BCUT2D eigenvalue weighted by Crippen LogP contribution is -2.33. The highest BCUT2D eigenvalue weighted by Gasteiger charge is 2.31. The van der Waals surface area contributed by atoms with Gasteiger partial charge in [0.25, 0.3) is 0 Å². The normalized spacial score (nSPS) is 13.9. The lowest BCUT2D eigenvalue weighted by atomic mass is 10.1. The fourth-order valence-electron chi connectivity index (χ4n) is 6.07. The van der Waals surface area contributed by atoms with E-state index in [-0.39, 0.29) is 0 Å². The molecule has 0 saturated heterocycles. The summed E-state index contributed by atoms with van der Waals surface area (Å²) in [6.07, 6.45) is 25.7. The molecule has 0 bridgehead atoms. The van der Waals surface area contributed by atoms with Crippen LogP contribution in [0.4, 0.5) is 0 Å². The summed E-state index contributed by atoms with van der Waals surface area (Å²) < 4.78 is 44.0. The van der Waals surface area contributed by atoms with Gasteiger partial charge >= 0.3 is 0 Å². The summed E-state index contributed by atoms with van der Waals surface area (Å²) in [6, 6.07) is 0. The van der Waals surface area contributed by atoms with Crippen LogP contribution in [0.15, 0.2) is 23.0 Å². The zero-order chi connectivity index (χ0) is 36.2. The number of allylic oxidation sites excluding steroid dienone is 2. The van der Waals surface area contributed by atoms with E-state index in [0.717, 1.165) is 37.2 Å². The van der Waals surface area contributed by atoms with Crippen molar-refractivity contribution in [1.29, 1.82) is 0 Å². The van der Waals surface area contributed by atoms with Crippen molar-refractivity contribution >= 4 is 0 Å². The van der Waals surface area contributed by atoms with Crippen LogP contribution in [0.3, 0.4) is 0 Å². The molecule has 7 nitrogen and oxygen atoms in total. The maximum atomic E-state index is 6.64. The van der Waals surface area contributed by atoms with Gasteiger partial charge in [-0.05, 0) is 54.4 Å². The Bertz CT molecular complexity index is 704. The van der Waals surface area contributed by atoms with E-state index >= 15 is 0 Å². The SMILES string of the molecule is CCCCCCCCCCCCC(OCC)=C(OCC)C(OCC)OC(OCC)C(OCC)=C(CCCCCCCCCCCC)OCC. The van der Waals surface area contributed by atoms with Gasteiger partial charge in [-0.3, -0.25) is 0 Å². The van der Waals surface area contributed by atoms with Crippen molar-refractivity contribution in [1.82, 2.24) is 0 Å². The zero-order valence-corrected chi connectivity index (χ0v) is 33.8. The molecular formula is C42H82O7. The van der Waals surface area contributed by atoms with Gasteiger partial charge in [0.1, 0.15) is 11.5 Å². The van der Waals surface area contributed by atoms with Crippen LogP contribution in [0, 0.1) is 0 Å². The largest absolute Gasteiger partial charge is 0.495 e. The van der Waals surface area contributed by atoms with Crippen LogP contribution in [0.1, 0.15) is 197 Å². The van der Waals surface area contributed by atoms with Gasteiger partial charge in [0.15, 0.2) is 11.5 Å².